The van der Waals surface area contributed by atoms with Crippen molar-refractivity contribution >= 4 is 0 Å². The molecule has 3 rings (SSSR count). The molecule has 92 valence electrons. The third-order valence-electron chi connectivity index (χ3n) is 4.39. The summed E-state index contributed by atoms with van der Waals surface area (Å²) in [4.78, 5) is 0. The van der Waals surface area contributed by atoms with E-state index in [1.165, 1.54) is 25.0 Å². The van der Waals surface area contributed by atoms with Crippen LogP contribution in [0.4, 0.5) is 4.39 Å². The van der Waals surface area contributed by atoms with Crippen LogP contribution in [0.15, 0.2) is 18.2 Å². The van der Waals surface area contributed by atoms with Gasteiger partial charge in [-0.05, 0) is 43.4 Å². The van der Waals surface area contributed by atoms with Crippen molar-refractivity contribution in [3.63, 3.8) is 0 Å². The van der Waals surface area contributed by atoms with Gasteiger partial charge in [0.1, 0.15) is 17.2 Å². The topological polar surface area (TPSA) is 35.2 Å². The fourth-order valence-corrected chi connectivity index (χ4v) is 3.32. The number of benzene rings is 1. The molecule has 2 nitrogen and oxygen atoms in total. The first-order valence-electron chi connectivity index (χ1n) is 6.35. The van der Waals surface area contributed by atoms with E-state index in [4.69, 9.17) is 10.5 Å². The number of ether oxygens (including phenoxy) is 1. The van der Waals surface area contributed by atoms with E-state index in [-0.39, 0.29) is 17.5 Å². The van der Waals surface area contributed by atoms with Crippen molar-refractivity contribution in [2.75, 3.05) is 0 Å². The molecular formula is C14H18FNO. The zero-order valence-corrected chi connectivity index (χ0v) is 10.1. The fourth-order valence-electron chi connectivity index (χ4n) is 3.32. The van der Waals surface area contributed by atoms with Crippen molar-refractivity contribution in [1.82, 2.24) is 0 Å². The van der Waals surface area contributed by atoms with Gasteiger partial charge in [0.15, 0.2) is 0 Å². The molecule has 3 heteroatoms. The lowest BCUT2D eigenvalue weighted by Gasteiger charge is -2.41. The highest BCUT2D eigenvalue weighted by molar-refractivity contribution is 5.39. The van der Waals surface area contributed by atoms with Gasteiger partial charge in [0.25, 0.3) is 0 Å². The molecular weight excluding hydrogens is 217 g/mol. The van der Waals surface area contributed by atoms with Gasteiger partial charge < -0.3 is 10.5 Å². The van der Waals surface area contributed by atoms with Crippen LogP contribution in [0.25, 0.3) is 0 Å². The Hall–Kier alpha value is -1.09. The van der Waals surface area contributed by atoms with Gasteiger partial charge in [-0.25, -0.2) is 4.39 Å². The van der Waals surface area contributed by atoms with Gasteiger partial charge in [-0.3, -0.25) is 0 Å². The van der Waals surface area contributed by atoms with Gasteiger partial charge >= 0.3 is 0 Å². The molecule has 17 heavy (non-hydrogen) atoms. The zero-order chi connectivity index (χ0) is 12.0. The molecule has 2 aliphatic rings. The smallest absolute Gasteiger partial charge is 0.125 e. The maximum atomic E-state index is 13.2. The maximum absolute atomic E-state index is 13.2. The Balaban J connectivity index is 2.01. The highest BCUT2D eigenvalue weighted by Crippen LogP contribution is 2.49. The van der Waals surface area contributed by atoms with E-state index in [0.29, 0.717) is 5.92 Å². The van der Waals surface area contributed by atoms with Gasteiger partial charge in [-0.2, -0.15) is 0 Å². The van der Waals surface area contributed by atoms with Gasteiger partial charge in [-0.1, -0.05) is 6.92 Å². The van der Waals surface area contributed by atoms with Crippen molar-refractivity contribution in [3.05, 3.63) is 29.6 Å². The summed E-state index contributed by atoms with van der Waals surface area (Å²) in [6.07, 6.45) is 4.27. The minimum atomic E-state index is -0.238. The predicted molar refractivity (Wildman–Crippen MR) is 64.3 cm³/mol. The Kier molecular flexibility index (Phi) is 2.40. The summed E-state index contributed by atoms with van der Waals surface area (Å²) in [5, 5.41) is 0. The molecule has 0 radical (unpaired) electrons. The zero-order valence-electron chi connectivity index (χ0n) is 10.1. The second-order valence-electron chi connectivity index (χ2n) is 5.45. The second-order valence-corrected chi connectivity index (χ2v) is 5.45. The van der Waals surface area contributed by atoms with Crippen LogP contribution in [-0.2, 0) is 0 Å². The molecule has 1 fully saturated rings. The normalized spacial score (nSPS) is 35.7. The van der Waals surface area contributed by atoms with Crippen LogP contribution in [0.2, 0.25) is 0 Å². The number of nitrogens with two attached hydrogens (primary N) is 1. The molecule has 1 aromatic rings. The molecule has 1 spiro atoms. The molecule has 2 N–H and O–H groups in total. The van der Waals surface area contributed by atoms with Crippen LogP contribution in [0.3, 0.4) is 0 Å². The van der Waals surface area contributed by atoms with Crippen LogP contribution < -0.4 is 10.5 Å². The number of fused-ring (bicyclic) bond motifs is 1. The van der Waals surface area contributed by atoms with E-state index in [2.05, 4.69) is 6.92 Å². The molecule has 0 amide bonds. The Morgan fingerprint density at radius 1 is 1.47 bits per heavy atom. The third-order valence-corrected chi connectivity index (χ3v) is 4.39. The highest BCUT2D eigenvalue weighted by Gasteiger charge is 2.46. The van der Waals surface area contributed by atoms with Gasteiger partial charge in [0.2, 0.25) is 0 Å². The number of halogens is 1. The summed E-state index contributed by atoms with van der Waals surface area (Å²) >= 11 is 0. The van der Waals surface area contributed by atoms with Gasteiger partial charge in [0, 0.05) is 18.0 Å². The SMILES string of the molecule is CC1CCCC12C[C@@H](N)c1cc(F)ccc1O2. The molecule has 1 heterocycles. The van der Waals surface area contributed by atoms with Gasteiger partial charge in [0.05, 0.1) is 0 Å². The molecule has 1 aromatic carbocycles. The average molecular weight is 235 g/mol. The molecule has 0 saturated heterocycles. The molecule has 3 atom stereocenters. The van der Waals surface area contributed by atoms with E-state index in [9.17, 15) is 4.39 Å². The lowest BCUT2D eigenvalue weighted by Crippen LogP contribution is -2.45. The molecule has 1 saturated carbocycles. The van der Waals surface area contributed by atoms with E-state index in [1.807, 2.05) is 0 Å². The first-order chi connectivity index (χ1) is 8.11. The summed E-state index contributed by atoms with van der Waals surface area (Å²) in [6, 6.07) is 4.57. The highest BCUT2D eigenvalue weighted by atomic mass is 19.1. The Morgan fingerprint density at radius 2 is 2.29 bits per heavy atom. The Bertz CT molecular complexity index is 448. The third kappa shape index (κ3) is 1.64. The maximum Gasteiger partial charge on any atom is 0.125 e. The van der Waals surface area contributed by atoms with Crippen molar-refractivity contribution in [2.45, 2.75) is 44.2 Å². The number of rotatable bonds is 0. The van der Waals surface area contributed by atoms with Crippen molar-refractivity contribution in [2.24, 2.45) is 11.7 Å². The van der Waals surface area contributed by atoms with E-state index in [1.54, 1.807) is 6.07 Å². The van der Waals surface area contributed by atoms with Crippen LogP contribution >= 0.6 is 0 Å². The van der Waals surface area contributed by atoms with E-state index in [0.717, 1.165) is 24.2 Å². The summed E-state index contributed by atoms with van der Waals surface area (Å²) in [6.45, 7) is 2.23. The van der Waals surface area contributed by atoms with Crippen molar-refractivity contribution in [3.8, 4) is 5.75 Å². The second kappa shape index (κ2) is 3.70. The molecule has 0 aromatic heterocycles. The molecule has 1 aliphatic carbocycles. The molecule has 0 bridgehead atoms. The van der Waals surface area contributed by atoms with Crippen molar-refractivity contribution < 1.29 is 9.13 Å². The van der Waals surface area contributed by atoms with Gasteiger partial charge in [-0.15, -0.1) is 0 Å². The van der Waals surface area contributed by atoms with E-state index < -0.39 is 0 Å². The van der Waals surface area contributed by atoms with Crippen LogP contribution in [-0.4, -0.2) is 5.60 Å². The standard InChI is InChI=1S/C14H18FNO/c1-9-3-2-6-14(9)8-12(16)11-7-10(15)4-5-13(11)17-14/h4-5,7,9,12H,2-3,6,8,16H2,1H3/t9?,12-,14?/m1/s1. The summed E-state index contributed by atoms with van der Waals surface area (Å²) < 4.78 is 19.4. The minimum absolute atomic E-state index is 0.102. The summed E-state index contributed by atoms with van der Waals surface area (Å²) in [5.74, 6) is 1.07. The van der Waals surface area contributed by atoms with Crippen molar-refractivity contribution in [1.29, 1.82) is 0 Å². The fraction of sp³-hybridized carbons (Fsp3) is 0.571. The summed E-state index contributed by atoms with van der Waals surface area (Å²) in [7, 11) is 0. The number of hydrogen-bond donors (Lipinski definition) is 1. The lowest BCUT2D eigenvalue weighted by atomic mass is 9.81. The van der Waals surface area contributed by atoms with Crippen LogP contribution in [0.1, 0.15) is 44.2 Å². The largest absolute Gasteiger partial charge is 0.487 e. The minimum Gasteiger partial charge on any atom is -0.487 e. The average Bonchev–Trinajstić information content (AvgIpc) is 2.62. The lowest BCUT2D eigenvalue weighted by molar-refractivity contribution is 0.00651. The van der Waals surface area contributed by atoms with Crippen LogP contribution in [0, 0.1) is 11.7 Å². The summed E-state index contributed by atoms with van der Waals surface area (Å²) in [5.41, 5.74) is 6.89. The molecule has 1 aliphatic heterocycles. The first-order valence-corrected chi connectivity index (χ1v) is 6.35. The first kappa shape index (κ1) is 11.0. The molecule has 2 unspecified atom stereocenters. The predicted octanol–water partition coefficient (Wildman–Crippen LogP) is 3.17. The number of hydrogen-bond acceptors (Lipinski definition) is 2. The quantitative estimate of drug-likeness (QED) is 0.749. The Labute approximate surface area is 101 Å². The van der Waals surface area contributed by atoms with Crippen LogP contribution in [0.5, 0.6) is 5.75 Å². The van der Waals surface area contributed by atoms with E-state index >= 15 is 0 Å². The monoisotopic (exact) mass is 235 g/mol. The Morgan fingerprint density at radius 3 is 3.00 bits per heavy atom.